The highest BCUT2D eigenvalue weighted by molar-refractivity contribution is 5.80. The smallest absolute Gasteiger partial charge is 0.328 e. The molecular weight excluding hydrogens is 272 g/mol. The summed E-state index contributed by atoms with van der Waals surface area (Å²) in [5.41, 5.74) is 4.95. The van der Waals surface area contributed by atoms with Crippen molar-refractivity contribution in [1.82, 2.24) is 0 Å². The van der Waals surface area contributed by atoms with Gasteiger partial charge in [-0.05, 0) is 69.1 Å². The average molecular weight is 304 g/mol. The molecule has 2 heteroatoms. The number of rotatable bonds is 4. The van der Waals surface area contributed by atoms with E-state index in [1.807, 2.05) is 6.92 Å². The largest absolute Gasteiger partial charge is 0.478 e. The molecule has 1 N–H and O–H groups in total. The SMILES string of the molecule is CC1=C(CC/C(C)=C/C(=O)O)[C@@]2(C)CCCC(C)(C)[C@H]2CC1. The first-order valence-electron chi connectivity index (χ1n) is 8.76. The average Bonchev–Trinajstić information content (AvgIpc) is 2.35. The van der Waals surface area contributed by atoms with Crippen LogP contribution in [-0.4, -0.2) is 11.1 Å². The molecule has 22 heavy (non-hydrogen) atoms. The van der Waals surface area contributed by atoms with Gasteiger partial charge in [0, 0.05) is 6.08 Å². The Morgan fingerprint density at radius 2 is 2.00 bits per heavy atom. The third-order valence-corrected chi connectivity index (χ3v) is 6.38. The van der Waals surface area contributed by atoms with Crippen molar-refractivity contribution in [2.75, 3.05) is 0 Å². The minimum atomic E-state index is -0.824. The van der Waals surface area contributed by atoms with Gasteiger partial charge in [0.25, 0.3) is 0 Å². The van der Waals surface area contributed by atoms with Crippen molar-refractivity contribution in [3.05, 3.63) is 22.8 Å². The lowest BCUT2D eigenvalue weighted by Crippen LogP contribution is -2.45. The third-order valence-electron chi connectivity index (χ3n) is 6.38. The number of hydrogen-bond acceptors (Lipinski definition) is 1. The zero-order chi connectivity index (χ0) is 16.5. The van der Waals surface area contributed by atoms with Gasteiger partial charge in [0.05, 0.1) is 0 Å². The van der Waals surface area contributed by atoms with E-state index in [-0.39, 0.29) is 0 Å². The number of aliphatic carboxylic acids is 1. The van der Waals surface area contributed by atoms with E-state index in [4.69, 9.17) is 5.11 Å². The molecule has 1 saturated carbocycles. The third kappa shape index (κ3) is 3.31. The van der Waals surface area contributed by atoms with Gasteiger partial charge in [0.2, 0.25) is 0 Å². The standard InChI is InChI=1S/C20H32O2/c1-14(13-18(21)22)7-9-16-15(2)8-10-17-19(3,4)11-6-12-20(16,17)5/h13,17H,6-12H2,1-5H3,(H,21,22)/b14-13+/t17-,20-/m1/s1. The highest BCUT2D eigenvalue weighted by Crippen LogP contribution is 2.60. The van der Waals surface area contributed by atoms with Crippen LogP contribution in [0.3, 0.4) is 0 Å². The quantitative estimate of drug-likeness (QED) is 0.531. The fourth-order valence-corrected chi connectivity index (χ4v) is 5.30. The topological polar surface area (TPSA) is 37.3 Å². The molecule has 0 aromatic heterocycles. The Morgan fingerprint density at radius 1 is 1.32 bits per heavy atom. The highest BCUT2D eigenvalue weighted by atomic mass is 16.4. The molecule has 0 amide bonds. The van der Waals surface area contributed by atoms with Crippen LogP contribution in [0.25, 0.3) is 0 Å². The first-order chi connectivity index (χ1) is 10.2. The van der Waals surface area contributed by atoms with E-state index < -0.39 is 5.97 Å². The maximum absolute atomic E-state index is 10.8. The van der Waals surface area contributed by atoms with Crippen molar-refractivity contribution < 1.29 is 9.90 Å². The van der Waals surface area contributed by atoms with Gasteiger partial charge in [0.1, 0.15) is 0 Å². The van der Waals surface area contributed by atoms with E-state index in [9.17, 15) is 4.79 Å². The number of fused-ring (bicyclic) bond motifs is 1. The first kappa shape index (κ1) is 17.3. The summed E-state index contributed by atoms with van der Waals surface area (Å²) in [7, 11) is 0. The van der Waals surface area contributed by atoms with E-state index in [1.165, 1.54) is 38.2 Å². The molecule has 0 radical (unpaired) electrons. The zero-order valence-corrected chi connectivity index (χ0v) is 15.0. The summed E-state index contributed by atoms with van der Waals surface area (Å²) < 4.78 is 0. The predicted molar refractivity (Wildman–Crippen MR) is 91.8 cm³/mol. The minimum Gasteiger partial charge on any atom is -0.478 e. The van der Waals surface area contributed by atoms with Crippen LogP contribution in [0, 0.1) is 16.7 Å². The van der Waals surface area contributed by atoms with Crippen LogP contribution in [0.4, 0.5) is 0 Å². The molecule has 0 spiro atoms. The molecule has 0 heterocycles. The number of carboxylic acids is 1. The molecule has 0 aromatic carbocycles. The normalized spacial score (nSPS) is 31.9. The van der Waals surface area contributed by atoms with Crippen molar-refractivity contribution in [3.8, 4) is 0 Å². The first-order valence-corrected chi connectivity index (χ1v) is 8.76. The maximum Gasteiger partial charge on any atom is 0.328 e. The molecule has 2 nitrogen and oxygen atoms in total. The van der Waals surface area contributed by atoms with Crippen LogP contribution >= 0.6 is 0 Å². The molecule has 1 fully saturated rings. The van der Waals surface area contributed by atoms with Gasteiger partial charge in [0.15, 0.2) is 0 Å². The highest BCUT2D eigenvalue weighted by Gasteiger charge is 2.49. The molecular formula is C20H32O2. The van der Waals surface area contributed by atoms with Crippen molar-refractivity contribution in [3.63, 3.8) is 0 Å². The number of carbonyl (C=O) groups is 1. The Balaban J connectivity index is 2.23. The molecule has 0 bridgehead atoms. The summed E-state index contributed by atoms with van der Waals surface area (Å²) in [6.07, 6.45) is 9.78. The van der Waals surface area contributed by atoms with Crippen molar-refractivity contribution in [1.29, 1.82) is 0 Å². The lowest BCUT2D eigenvalue weighted by molar-refractivity contribution is -0.131. The molecule has 0 aliphatic heterocycles. The molecule has 124 valence electrons. The van der Waals surface area contributed by atoms with Gasteiger partial charge in [-0.1, -0.05) is 43.9 Å². The van der Waals surface area contributed by atoms with Crippen LogP contribution in [0.2, 0.25) is 0 Å². The van der Waals surface area contributed by atoms with Gasteiger partial charge >= 0.3 is 5.97 Å². The van der Waals surface area contributed by atoms with Crippen LogP contribution in [-0.2, 0) is 4.79 Å². The number of carboxylic acid groups (broad SMARTS) is 1. The van der Waals surface area contributed by atoms with Crippen molar-refractivity contribution in [2.24, 2.45) is 16.7 Å². The molecule has 2 aliphatic carbocycles. The van der Waals surface area contributed by atoms with E-state index in [2.05, 4.69) is 27.7 Å². The lowest BCUT2D eigenvalue weighted by atomic mass is 9.50. The monoisotopic (exact) mass is 304 g/mol. The number of hydrogen-bond donors (Lipinski definition) is 1. The van der Waals surface area contributed by atoms with Crippen LogP contribution in [0.1, 0.15) is 79.6 Å². The minimum absolute atomic E-state index is 0.327. The second-order valence-electron chi connectivity index (χ2n) is 8.44. The fourth-order valence-electron chi connectivity index (χ4n) is 5.30. The van der Waals surface area contributed by atoms with Gasteiger partial charge in [-0.15, -0.1) is 0 Å². The van der Waals surface area contributed by atoms with E-state index in [0.717, 1.165) is 24.3 Å². The second-order valence-corrected chi connectivity index (χ2v) is 8.44. The summed E-state index contributed by atoms with van der Waals surface area (Å²) in [4.78, 5) is 10.8. The van der Waals surface area contributed by atoms with Crippen molar-refractivity contribution in [2.45, 2.75) is 79.6 Å². The summed E-state index contributed by atoms with van der Waals surface area (Å²) in [6.45, 7) is 11.6. The van der Waals surface area contributed by atoms with E-state index >= 15 is 0 Å². The Hall–Kier alpha value is -1.05. The summed E-state index contributed by atoms with van der Waals surface area (Å²) in [5.74, 6) is -0.0501. The summed E-state index contributed by atoms with van der Waals surface area (Å²) >= 11 is 0. The van der Waals surface area contributed by atoms with E-state index in [1.54, 1.807) is 11.1 Å². The van der Waals surface area contributed by atoms with Gasteiger partial charge in [-0.25, -0.2) is 4.79 Å². The molecule has 0 saturated heterocycles. The van der Waals surface area contributed by atoms with E-state index in [0.29, 0.717) is 10.8 Å². The molecule has 2 atom stereocenters. The van der Waals surface area contributed by atoms with Gasteiger partial charge < -0.3 is 5.11 Å². The second kappa shape index (κ2) is 6.22. The Morgan fingerprint density at radius 3 is 2.64 bits per heavy atom. The van der Waals surface area contributed by atoms with Gasteiger partial charge in [-0.2, -0.15) is 0 Å². The summed E-state index contributed by atoms with van der Waals surface area (Å²) in [5, 5.41) is 8.89. The lowest BCUT2D eigenvalue weighted by Gasteiger charge is -2.55. The Labute approximate surface area is 135 Å². The summed E-state index contributed by atoms with van der Waals surface area (Å²) in [6, 6.07) is 0. The molecule has 2 rings (SSSR count). The van der Waals surface area contributed by atoms with Gasteiger partial charge in [-0.3, -0.25) is 0 Å². The number of allylic oxidation sites excluding steroid dienone is 3. The van der Waals surface area contributed by atoms with Crippen LogP contribution in [0.5, 0.6) is 0 Å². The zero-order valence-electron chi connectivity index (χ0n) is 15.0. The maximum atomic E-state index is 10.8. The van der Waals surface area contributed by atoms with Crippen LogP contribution < -0.4 is 0 Å². The van der Waals surface area contributed by atoms with Crippen LogP contribution in [0.15, 0.2) is 22.8 Å². The predicted octanol–water partition coefficient (Wildman–Crippen LogP) is 5.74. The Kier molecular flexibility index (Phi) is 4.89. The Bertz CT molecular complexity index is 510. The molecule has 0 unspecified atom stereocenters. The fraction of sp³-hybridized carbons (Fsp3) is 0.750. The van der Waals surface area contributed by atoms with Crippen molar-refractivity contribution >= 4 is 5.97 Å². The molecule has 0 aromatic rings. The molecule has 2 aliphatic rings.